The predicted molar refractivity (Wildman–Crippen MR) is 79.0 cm³/mol. The number of halogens is 2. The third-order valence-electron chi connectivity index (χ3n) is 2.34. The van der Waals surface area contributed by atoms with E-state index in [4.69, 9.17) is 17.3 Å². The maximum atomic E-state index is 11.5. The Bertz CT molecular complexity index is 573. The van der Waals surface area contributed by atoms with Crippen LogP contribution in [0.1, 0.15) is 10.9 Å². The van der Waals surface area contributed by atoms with E-state index >= 15 is 0 Å². The summed E-state index contributed by atoms with van der Waals surface area (Å²) in [4.78, 5) is 12.4. The molecule has 0 spiro atoms. The summed E-state index contributed by atoms with van der Waals surface area (Å²) in [5, 5.41) is 3.61. The summed E-state index contributed by atoms with van der Waals surface area (Å²) in [6.45, 7) is 0. The molecule has 1 amide bonds. The van der Waals surface area contributed by atoms with E-state index in [1.54, 1.807) is 12.1 Å². The van der Waals surface area contributed by atoms with Gasteiger partial charge in [0.05, 0.1) is 14.5 Å². The second-order valence-corrected chi connectivity index (χ2v) is 6.50. The van der Waals surface area contributed by atoms with Gasteiger partial charge in [-0.1, -0.05) is 23.7 Å². The van der Waals surface area contributed by atoms with E-state index < -0.39 is 11.9 Å². The Balaban J connectivity index is 2.28. The van der Waals surface area contributed by atoms with Gasteiger partial charge in [-0.25, -0.2) is 0 Å². The highest BCUT2D eigenvalue weighted by molar-refractivity contribution is 9.11. The molecule has 1 aromatic heterocycles. The molecule has 0 fully saturated rings. The van der Waals surface area contributed by atoms with Crippen LogP contribution in [0.5, 0.6) is 0 Å². The third kappa shape index (κ3) is 3.04. The van der Waals surface area contributed by atoms with E-state index in [0.717, 1.165) is 8.66 Å². The normalized spacial score (nSPS) is 12.1. The fourth-order valence-corrected chi connectivity index (χ4v) is 3.17. The fourth-order valence-electron chi connectivity index (χ4n) is 1.50. The number of hydrogen-bond donors (Lipinski definition) is 2. The third-order valence-corrected chi connectivity index (χ3v) is 4.35. The molecule has 0 aliphatic rings. The molecule has 1 aromatic carbocycles. The monoisotopic (exact) mass is 344 g/mol. The van der Waals surface area contributed by atoms with Gasteiger partial charge in [0.1, 0.15) is 6.04 Å². The summed E-state index contributed by atoms with van der Waals surface area (Å²) in [6.07, 6.45) is 0. The number of para-hydroxylation sites is 1. The van der Waals surface area contributed by atoms with Gasteiger partial charge in [-0.3, -0.25) is 4.79 Å². The van der Waals surface area contributed by atoms with Crippen molar-refractivity contribution in [3.8, 4) is 0 Å². The lowest BCUT2D eigenvalue weighted by Crippen LogP contribution is -2.27. The van der Waals surface area contributed by atoms with Crippen molar-refractivity contribution in [2.45, 2.75) is 6.04 Å². The number of primary amides is 1. The summed E-state index contributed by atoms with van der Waals surface area (Å²) in [5.74, 6) is -0.440. The van der Waals surface area contributed by atoms with Gasteiger partial charge in [0.25, 0.3) is 0 Å². The van der Waals surface area contributed by atoms with Crippen LogP contribution >= 0.6 is 38.9 Å². The van der Waals surface area contributed by atoms with Gasteiger partial charge in [-0.2, -0.15) is 0 Å². The lowest BCUT2D eigenvalue weighted by molar-refractivity contribution is -0.118. The lowest BCUT2D eigenvalue weighted by atomic mass is 10.2. The Labute approximate surface area is 122 Å². The SMILES string of the molecule is NC(=O)C(Nc1ccccc1Cl)c1ccc(Br)s1. The molecule has 94 valence electrons. The van der Waals surface area contributed by atoms with E-state index in [0.29, 0.717) is 10.7 Å². The van der Waals surface area contributed by atoms with E-state index in [-0.39, 0.29) is 0 Å². The molecule has 1 atom stereocenters. The van der Waals surface area contributed by atoms with Crippen LogP contribution in [-0.2, 0) is 4.79 Å². The Morgan fingerprint density at radius 3 is 2.61 bits per heavy atom. The number of nitrogens with one attached hydrogen (secondary N) is 1. The molecule has 0 radical (unpaired) electrons. The van der Waals surface area contributed by atoms with Crippen LogP contribution in [0, 0.1) is 0 Å². The number of carbonyl (C=O) groups excluding carboxylic acids is 1. The minimum Gasteiger partial charge on any atom is -0.368 e. The number of hydrogen-bond acceptors (Lipinski definition) is 3. The molecule has 2 rings (SSSR count). The van der Waals surface area contributed by atoms with E-state index in [1.165, 1.54) is 11.3 Å². The number of rotatable bonds is 4. The van der Waals surface area contributed by atoms with Gasteiger partial charge < -0.3 is 11.1 Å². The smallest absolute Gasteiger partial charge is 0.245 e. The minimum absolute atomic E-state index is 0.440. The highest BCUT2D eigenvalue weighted by Gasteiger charge is 2.20. The van der Waals surface area contributed by atoms with E-state index in [2.05, 4.69) is 21.2 Å². The molecule has 18 heavy (non-hydrogen) atoms. The molecule has 3 N–H and O–H groups in total. The van der Waals surface area contributed by atoms with Gasteiger partial charge in [-0.05, 0) is 40.2 Å². The number of anilines is 1. The predicted octanol–water partition coefficient (Wildman–Crippen LogP) is 3.80. The summed E-state index contributed by atoms with van der Waals surface area (Å²) in [5.41, 5.74) is 6.11. The van der Waals surface area contributed by atoms with Gasteiger partial charge in [-0.15, -0.1) is 11.3 Å². The summed E-state index contributed by atoms with van der Waals surface area (Å²) >= 11 is 10.9. The summed E-state index contributed by atoms with van der Waals surface area (Å²) in [7, 11) is 0. The van der Waals surface area contributed by atoms with Crippen LogP contribution in [0.2, 0.25) is 5.02 Å². The maximum absolute atomic E-state index is 11.5. The van der Waals surface area contributed by atoms with Crippen molar-refractivity contribution in [3.05, 3.63) is 50.1 Å². The largest absolute Gasteiger partial charge is 0.368 e. The number of amides is 1. The van der Waals surface area contributed by atoms with Crippen molar-refractivity contribution in [1.82, 2.24) is 0 Å². The van der Waals surface area contributed by atoms with Crippen LogP contribution in [0.15, 0.2) is 40.2 Å². The molecule has 6 heteroatoms. The van der Waals surface area contributed by atoms with Crippen LogP contribution in [0.25, 0.3) is 0 Å². The van der Waals surface area contributed by atoms with Gasteiger partial charge in [0.15, 0.2) is 0 Å². The minimum atomic E-state index is -0.582. The zero-order valence-electron chi connectivity index (χ0n) is 9.19. The molecule has 0 saturated heterocycles. The number of thiophene rings is 1. The van der Waals surface area contributed by atoms with E-state index in [9.17, 15) is 4.79 Å². The average Bonchev–Trinajstić information content (AvgIpc) is 2.74. The van der Waals surface area contributed by atoms with Crippen LogP contribution in [-0.4, -0.2) is 5.91 Å². The number of nitrogens with two attached hydrogens (primary N) is 1. The van der Waals surface area contributed by atoms with Crippen LogP contribution in [0.4, 0.5) is 5.69 Å². The quantitative estimate of drug-likeness (QED) is 0.885. The lowest BCUT2D eigenvalue weighted by Gasteiger charge is -2.16. The Morgan fingerprint density at radius 2 is 2.06 bits per heavy atom. The molecule has 0 bridgehead atoms. The molecule has 3 nitrogen and oxygen atoms in total. The molecule has 1 unspecified atom stereocenters. The van der Waals surface area contributed by atoms with Gasteiger partial charge in [0, 0.05) is 4.88 Å². The van der Waals surface area contributed by atoms with Crippen LogP contribution in [0.3, 0.4) is 0 Å². The molecule has 0 aliphatic heterocycles. The first-order valence-electron chi connectivity index (χ1n) is 5.13. The molecular formula is C12H10BrClN2OS. The zero-order valence-corrected chi connectivity index (χ0v) is 12.3. The van der Waals surface area contributed by atoms with E-state index in [1.807, 2.05) is 24.3 Å². The second-order valence-electron chi connectivity index (χ2n) is 3.60. The molecule has 1 heterocycles. The first-order valence-corrected chi connectivity index (χ1v) is 7.12. The van der Waals surface area contributed by atoms with Crippen molar-refractivity contribution in [2.75, 3.05) is 5.32 Å². The van der Waals surface area contributed by atoms with Crippen molar-refractivity contribution < 1.29 is 4.79 Å². The Hall–Kier alpha value is -1.04. The number of benzene rings is 1. The fraction of sp³-hybridized carbons (Fsp3) is 0.0833. The van der Waals surface area contributed by atoms with Gasteiger partial charge in [0.2, 0.25) is 5.91 Å². The highest BCUT2D eigenvalue weighted by Crippen LogP contribution is 2.31. The van der Waals surface area contributed by atoms with Crippen LogP contribution < -0.4 is 11.1 Å². The molecule has 0 saturated carbocycles. The molecule has 2 aromatic rings. The summed E-state index contributed by atoms with van der Waals surface area (Å²) in [6, 6.07) is 10.4. The topological polar surface area (TPSA) is 55.1 Å². The Morgan fingerprint density at radius 1 is 1.33 bits per heavy atom. The van der Waals surface area contributed by atoms with Crippen molar-refractivity contribution in [3.63, 3.8) is 0 Å². The molecule has 0 aliphatic carbocycles. The first kappa shape index (κ1) is 13.4. The van der Waals surface area contributed by atoms with Crippen molar-refractivity contribution in [2.24, 2.45) is 5.73 Å². The maximum Gasteiger partial charge on any atom is 0.245 e. The zero-order chi connectivity index (χ0) is 13.1. The number of carbonyl (C=O) groups is 1. The average molecular weight is 346 g/mol. The van der Waals surface area contributed by atoms with Crippen molar-refractivity contribution >= 4 is 50.5 Å². The second kappa shape index (κ2) is 5.73. The molecular weight excluding hydrogens is 336 g/mol. The van der Waals surface area contributed by atoms with Crippen molar-refractivity contribution in [1.29, 1.82) is 0 Å². The summed E-state index contributed by atoms with van der Waals surface area (Å²) < 4.78 is 0.949. The van der Waals surface area contributed by atoms with Gasteiger partial charge >= 0.3 is 0 Å². The Kier molecular flexibility index (Phi) is 4.27. The standard InChI is InChI=1S/C12H10BrClN2OS/c13-10-6-5-9(18-10)11(12(15)17)16-8-4-2-1-3-7(8)14/h1-6,11,16H,(H2,15,17). The highest BCUT2D eigenvalue weighted by atomic mass is 79.9. The first-order chi connectivity index (χ1) is 8.58.